The molecular weight excluding hydrogens is 284 g/mol. The number of ether oxygens (including phenoxy) is 2. The van der Waals surface area contributed by atoms with Crippen LogP contribution in [-0.4, -0.2) is 25.0 Å². The van der Waals surface area contributed by atoms with Crippen LogP contribution in [0.1, 0.15) is 58.3 Å². The SMILES string of the molecule is C/C=C/C(CCCCCCCC(=O)OC)C1CC(=O)OC1=O. The van der Waals surface area contributed by atoms with E-state index in [1.54, 1.807) is 0 Å². The van der Waals surface area contributed by atoms with Crippen molar-refractivity contribution in [2.75, 3.05) is 7.11 Å². The smallest absolute Gasteiger partial charge is 0.317 e. The minimum absolute atomic E-state index is 0.0824. The summed E-state index contributed by atoms with van der Waals surface area (Å²) in [6, 6.07) is 0. The number of carbonyl (C=O) groups is 3. The van der Waals surface area contributed by atoms with Crippen LogP contribution in [0.5, 0.6) is 0 Å². The number of methoxy groups -OCH3 is 1. The maximum atomic E-state index is 11.6. The van der Waals surface area contributed by atoms with Gasteiger partial charge in [-0.3, -0.25) is 14.4 Å². The Kier molecular flexibility index (Phi) is 8.48. The summed E-state index contributed by atoms with van der Waals surface area (Å²) >= 11 is 0. The summed E-state index contributed by atoms with van der Waals surface area (Å²) < 4.78 is 9.23. The largest absolute Gasteiger partial charge is 0.469 e. The molecule has 1 aliphatic heterocycles. The minimum atomic E-state index is -0.410. The van der Waals surface area contributed by atoms with Crippen molar-refractivity contribution in [2.24, 2.45) is 11.8 Å². The molecular formula is C17H26O5. The van der Waals surface area contributed by atoms with E-state index < -0.39 is 5.97 Å². The lowest BCUT2D eigenvalue weighted by Crippen LogP contribution is -2.17. The summed E-state index contributed by atoms with van der Waals surface area (Å²) in [5.74, 6) is -1.18. The normalized spacial score (nSPS) is 19.5. The molecule has 2 atom stereocenters. The molecule has 0 aromatic heterocycles. The van der Waals surface area contributed by atoms with Crippen molar-refractivity contribution in [1.29, 1.82) is 0 Å². The quantitative estimate of drug-likeness (QED) is 0.268. The topological polar surface area (TPSA) is 69.7 Å². The molecule has 0 aromatic carbocycles. The third kappa shape index (κ3) is 6.41. The van der Waals surface area contributed by atoms with Crippen molar-refractivity contribution >= 4 is 17.9 Å². The van der Waals surface area contributed by atoms with Crippen LogP contribution >= 0.6 is 0 Å². The van der Waals surface area contributed by atoms with Gasteiger partial charge in [-0.15, -0.1) is 0 Å². The molecule has 1 saturated heterocycles. The molecule has 1 rings (SSSR count). The second-order valence-electron chi connectivity index (χ2n) is 5.68. The van der Waals surface area contributed by atoms with Crippen LogP contribution in [0, 0.1) is 11.8 Å². The Morgan fingerprint density at radius 3 is 2.55 bits per heavy atom. The van der Waals surface area contributed by atoms with Crippen LogP contribution in [0.15, 0.2) is 12.2 Å². The van der Waals surface area contributed by atoms with Gasteiger partial charge < -0.3 is 9.47 Å². The number of esters is 3. The third-order valence-electron chi connectivity index (χ3n) is 4.01. The van der Waals surface area contributed by atoms with E-state index in [0.29, 0.717) is 6.42 Å². The van der Waals surface area contributed by atoms with Gasteiger partial charge in [0, 0.05) is 6.42 Å². The fraction of sp³-hybridized carbons (Fsp3) is 0.706. The van der Waals surface area contributed by atoms with Gasteiger partial charge in [-0.2, -0.15) is 0 Å². The zero-order valence-corrected chi connectivity index (χ0v) is 13.5. The Hall–Kier alpha value is -1.65. The Balaban J connectivity index is 2.21. The zero-order valence-electron chi connectivity index (χ0n) is 13.5. The molecule has 0 aliphatic carbocycles. The van der Waals surface area contributed by atoms with Crippen molar-refractivity contribution < 1.29 is 23.9 Å². The van der Waals surface area contributed by atoms with Crippen molar-refractivity contribution in [3.63, 3.8) is 0 Å². The highest BCUT2D eigenvalue weighted by Crippen LogP contribution is 2.29. The summed E-state index contributed by atoms with van der Waals surface area (Å²) in [4.78, 5) is 33.8. The lowest BCUT2D eigenvalue weighted by atomic mass is 9.86. The van der Waals surface area contributed by atoms with E-state index in [4.69, 9.17) is 0 Å². The molecule has 0 spiro atoms. The molecule has 5 heteroatoms. The fourth-order valence-corrected chi connectivity index (χ4v) is 2.78. The fourth-order valence-electron chi connectivity index (χ4n) is 2.78. The lowest BCUT2D eigenvalue weighted by Gasteiger charge is -2.16. The molecule has 1 heterocycles. The molecule has 0 amide bonds. The highest BCUT2D eigenvalue weighted by molar-refractivity contribution is 5.94. The third-order valence-corrected chi connectivity index (χ3v) is 4.01. The lowest BCUT2D eigenvalue weighted by molar-refractivity contribution is -0.153. The first-order chi connectivity index (χ1) is 10.6. The van der Waals surface area contributed by atoms with Crippen LogP contribution < -0.4 is 0 Å². The van der Waals surface area contributed by atoms with Crippen LogP contribution in [-0.2, 0) is 23.9 Å². The van der Waals surface area contributed by atoms with Crippen LogP contribution in [0.3, 0.4) is 0 Å². The van der Waals surface area contributed by atoms with E-state index in [-0.39, 0.29) is 30.2 Å². The van der Waals surface area contributed by atoms with Crippen LogP contribution in [0.4, 0.5) is 0 Å². The number of allylic oxidation sites excluding steroid dienone is 2. The number of carbonyl (C=O) groups excluding carboxylic acids is 3. The summed E-state index contributed by atoms with van der Waals surface area (Å²) in [7, 11) is 1.41. The Morgan fingerprint density at radius 2 is 1.95 bits per heavy atom. The van der Waals surface area contributed by atoms with Crippen molar-refractivity contribution in [2.45, 2.75) is 58.3 Å². The summed E-state index contributed by atoms with van der Waals surface area (Å²) in [5.41, 5.74) is 0. The molecule has 0 N–H and O–H groups in total. The van der Waals surface area contributed by atoms with Crippen LogP contribution in [0.25, 0.3) is 0 Å². The number of unbranched alkanes of at least 4 members (excludes halogenated alkanes) is 4. The highest BCUT2D eigenvalue weighted by atomic mass is 16.6. The monoisotopic (exact) mass is 310 g/mol. The maximum Gasteiger partial charge on any atom is 0.317 e. The Labute approximate surface area is 132 Å². The number of hydrogen-bond donors (Lipinski definition) is 0. The predicted octanol–water partition coefficient (Wildman–Crippen LogP) is 3.17. The van der Waals surface area contributed by atoms with Crippen molar-refractivity contribution in [3.05, 3.63) is 12.2 Å². The van der Waals surface area contributed by atoms with E-state index in [2.05, 4.69) is 9.47 Å². The van der Waals surface area contributed by atoms with Gasteiger partial charge in [0.1, 0.15) is 0 Å². The summed E-state index contributed by atoms with van der Waals surface area (Å²) in [6.45, 7) is 1.92. The van der Waals surface area contributed by atoms with Gasteiger partial charge in [0.25, 0.3) is 0 Å². The number of cyclic esters (lactones) is 2. The van der Waals surface area contributed by atoms with E-state index in [9.17, 15) is 14.4 Å². The van der Waals surface area contributed by atoms with Gasteiger partial charge in [-0.1, -0.05) is 37.8 Å². The minimum Gasteiger partial charge on any atom is -0.469 e. The molecule has 1 fully saturated rings. The van der Waals surface area contributed by atoms with Crippen molar-refractivity contribution in [1.82, 2.24) is 0 Å². The van der Waals surface area contributed by atoms with E-state index >= 15 is 0 Å². The number of hydrogen-bond acceptors (Lipinski definition) is 5. The highest BCUT2D eigenvalue weighted by Gasteiger charge is 2.37. The maximum absolute atomic E-state index is 11.6. The first-order valence-electron chi connectivity index (χ1n) is 8.02. The second-order valence-corrected chi connectivity index (χ2v) is 5.68. The molecule has 5 nitrogen and oxygen atoms in total. The first-order valence-corrected chi connectivity index (χ1v) is 8.02. The molecule has 0 bridgehead atoms. The Morgan fingerprint density at radius 1 is 1.27 bits per heavy atom. The molecule has 2 unspecified atom stereocenters. The molecule has 0 aromatic rings. The summed E-state index contributed by atoms with van der Waals surface area (Å²) in [5, 5.41) is 0. The standard InChI is InChI=1S/C17H26O5/c1-3-9-13(14-12-16(19)22-17(14)20)10-7-5-4-6-8-11-15(18)21-2/h3,9,13-14H,4-8,10-12H2,1-2H3/b9-3+. The van der Waals surface area contributed by atoms with Gasteiger partial charge in [-0.05, 0) is 25.7 Å². The zero-order chi connectivity index (χ0) is 16.4. The predicted molar refractivity (Wildman–Crippen MR) is 81.8 cm³/mol. The second kappa shape index (κ2) is 10.1. The Bertz CT molecular complexity index is 413. The van der Waals surface area contributed by atoms with Gasteiger partial charge >= 0.3 is 17.9 Å². The molecule has 124 valence electrons. The van der Waals surface area contributed by atoms with E-state index in [1.807, 2.05) is 19.1 Å². The first kappa shape index (κ1) is 18.4. The van der Waals surface area contributed by atoms with Gasteiger partial charge in [0.05, 0.1) is 19.4 Å². The average Bonchev–Trinajstić information content (AvgIpc) is 2.83. The van der Waals surface area contributed by atoms with Gasteiger partial charge in [0.15, 0.2) is 0 Å². The summed E-state index contributed by atoms with van der Waals surface area (Å²) in [6.07, 6.45) is 10.5. The van der Waals surface area contributed by atoms with Gasteiger partial charge in [0.2, 0.25) is 0 Å². The van der Waals surface area contributed by atoms with E-state index in [1.165, 1.54) is 7.11 Å². The number of rotatable bonds is 10. The molecule has 0 saturated carbocycles. The van der Waals surface area contributed by atoms with Crippen LogP contribution in [0.2, 0.25) is 0 Å². The molecule has 1 aliphatic rings. The average molecular weight is 310 g/mol. The van der Waals surface area contributed by atoms with Crippen molar-refractivity contribution in [3.8, 4) is 0 Å². The van der Waals surface area contributed by atoms with E-state index in [0.717, 1.165) is 38.5 Å². The molecule has 0 radical (unpaired) electrons. The molecule has 22 heavy (non-hydrogen) atoms. The van der Waals surface area contributed by atoms with Gasteiger partial charge in [-0.25, -0.2) is 0 Å².